The zero-order chi connectivity index (χ0) is 40.0. The molecule has 3 aromatic rings. The number of phenolic OH excluding ortho intramolecular Hbond substituents is 3. The molecule has 312 valence electrons. The Bertz CT molecular complexity index is 1750. The second-order valence-corrected chi connectivity index (χ2v) is 13.1. The SMILES string of the molecule is OC[C@H]1O[C@@H](Oc2cc3c(O)cc(O)cc3[o+]c2-c2cc(O[C@@H]3O[C@H](CO)[C@@H](O)[C@H](O)[C@H]3O)c(O)c(O[C@@H]3O[C@H](CO)[C@@H](O)[C@H](O)[C@H]3O)c2)[C@H](O)[C@@H](O)[C@@H]1O.[Cl-]. The smallest absolute Gasteiger partial charge is 0.402 e. The van der Waals surface area contributed by atoms with E-state index in [9.17, 15) is 76.6 Å². The highest BCUT2D eigenvalue weighted by atomic mass is 35.5. The molecule has 1 aromatic heterocycles. The molecule has 0 bridgehead atoms. The molecule has 0 aliphatic carbocycles. The fraction of sp³-hybridized carbons (Fsp3) is 0.545. The molecule has 23 heteroatoms. The van der Waals surface area contributed by atoms with Gasteiger partial charge in [0.1, 0.15) is 90.1 Å². The molecule has 4 heterocycles. The molecule has 2 aromatic carbocycles. The first-order chi connectivity index (χ1) is 26.1. The number of aliphatic hydroxyl groups excluding tert-OH is 12. The summed E-state index contributed by atoms with van der Waals surface area (Å²) in [6, 6.07) is 5.17. The Labute approximate surface area is 320 Å². The van der Waals surface area contributed by atoms with Gasteiger partial charge in [-0.2, -0.15) is 0 Å². The van der Waals surface area contributed by atoms with Crippen molar-refractivity contribution in [2.75, 3.05) is 19.8 Å². The molecular weight excluding hydrogens is 784 g/mol. The van der Waals surface area contributed by atoms with E-state index in [1.165, 1.54) is 0 Å². The Balaban J connectivity index is 0.00000600. The molecule has 56 heavy (non-hydrogen) atoms. The molecule has 0 saturated carbocycles. The minimum atomic E-state index is -2.00. The number of halogens is 1. The van der Waals surface area contributed by atoms with Crippen LogP contribution in [0.3, 0.4) is 0 Å². The topological polar surface area (TPSA) is 370 Å². The highest BCUT2D eigenvalue weighted by molar-refractivity contribution is 5.88. The second-order valence-electron chi connectivity index (χ2n) is 13.1. The average Bonchev–Trinajstić information content (AvgIpc) is 3.16. The van der Waals surface area contributed by atoms with Gasteiger partial charge >= 0.3 is 11.3 Å². The highest BCUT2D eigenvalue weighted by Crippen LogP contribution is 2.47. The molecule has 0 spiro atoms. The minimum Gasteiger partial charge on any atom is -1.00 e. The van der Waals surface area contributed by atoms with E-state index in [0.29, 0.717) is 0 Å². The van der Waals surface area contributed by atoms with Crippen LogP contribution in [0.2, 0.25) is 0 Å². The molecular formula is C33H41ClO22. The summed E-state index contributed by atoms with van der Waals surface area (Å²) < 4.78 is 39.6. The number of hydrogen-bond acceptors (Lipinski definition) is 21. The Morgan fingerprint density at radius 1 is 0.500 bits per heavy atom. The predicted octanol–water partition coefficient (Wildman–Crippen LogP) is -7.96. The maximum atomic E-state index is 11.4. The number of hydrogen-bond donors (Lipinski definition) is 15. The fourth-order valence-electron chi connectivity index (χ4n) is 6.24. The van der Waals surface area contributed by atoms with Crippen molar-refractivity contribution < 1.29 is 122 Å². The standard InChI is InChI=1S/C33H40O22.ClH/c34-6-17-21(40)24(43)27(46)31(53-17)50-14-1-9(2-15(20(14)39)51-32-28(47)25(44)22(41)18(7-35)54-32)30-16(5-11-12(38)3-10(37)4-13(11)49-30)52-33-29(48)26(45)23(42)19(8-36)55-33;/h1-5,17-19,21-29,31-36,40-48H,6-8H2,(H2-,37,38,39);1H/t17-,18-,19-,21-,22-,23-,24+,25+,26+,27-,28-,29-,31-,32-,33-;/m1./s1. The van der Waals surface area contributed by atoms with Gasteiger partial charge in [0.05, 0.1) is 31.5 Å². The van der Waals surface area contributed by atoms with Crippen molar-refractivity contribution in [1.82, 2.24) is 0 Å². The number of aliphatic hydroxyl groups is 12. The van der Waals surface area contributed by atoms with Crippen molar-refractivity contribution in [3.05, 3.63) is 30.3 Å². The summed E-state index contributed by atoms with van der Waals surface area (Å²) in [4.78, 5) is 0. The molecule has 15 atom stereocenters. The normalized spacial score (nSPS) is 36.1. The zero-order valence-corrected chi connectivity index (χ0v) is 29.4. The van der Waals surface area contributed by atoms with Crippen LogP contribution in [-0.4, -0.2) is 189 Å². The first-order valence-electron chi connectivity index (χ1n) is 16.7. The second kappa shape index (κ2) is 17.5. The molecule has 0 radical (unpaired) electrons. The molecule has 0 amide bonds. The molecule has 3 fully saturated rings. The van der Waals surface area contributed by atoms with E-state index in [2.05, 4.69) is 0 Å². The van der Waals surface area contributed by atoms with Crippen LogP contribution in [0, 0.1) is 0 Å². The highest BCUT2D eigenvalue weighted by Gasteiger charge is 2.48. The summed E-state index contributed by atoms with van der Waals surface area (Å²) in [7, 11) is 0. The van der Waals surface area contributed by atoms with E-state index in [-0.39, 0.29) is 28.9 Å². The third-order valence-electron chi connectivity index (χ3n) is 9.39. The lowest BCUT2D eigenvalue weighted by Gasteiger charge is -2.40. The zero-order valence-electron chi connectivity index (χ0n) is 28.6. The summed E-state index contributed by atoms with van der Waals surface area (Å²) in [6.45, 7) is -2.53. The fourth-order valence-corrected chi connectivity index (χ4v) is 6.24. The molecule has 15 N–H and O–H groups in total. The van der Waals surface area contributed by atoms with Gasteiger partial charge in [-0.25, -0.2) is 4.42 Å². The van der Waals surface area contributed by atoms with Crippen molar-refractivity contribution in [3.63, 3.8) is 0 Å². The Morgan fingerprint density at radius 2 is 0.893 bits per heavy atom. The van der Waals surface area contributed by atoms with Crippen LogP contribution in [0.5, 0.6) is 34.5 Å². The Kier molecular flexibility index (Phi) is 13.5. The number of ether oxygens (including phenoxy) is 6. The van der Waals surface area contributed by atoms with E-state index < -0.39 is 152 Å². The van der Waals surface area contributed by atoms with Crippen molar-refractivity contribution in [1.29, 1.82) is 0 Å². The number of phenols is 3. The maximum absolute atomic E-state index is 11.4. The quantitative estimate of drug-likeness (QED) is 0.0844. The van der Waals surface area contributed by atoms with Gasteiger partial charge in [0.2, 0.25) is 30.4 Å². The summed E-state index contributed by atoms with van der Waals surface area (Å²) in [5.41, 5.74) is -0.462. The first-order valence-corrected chi connectivity index (χ1v) is 16.7. The number of fused-ring (bicyclic) bond motifs is 1. The van der Waals surface area contributed by atoms with Gasteiger partial charge in [0.25, 0.3) is 0 Å². The monoisotopic (exact) mass is 824 g/mol. The van der Waals surface area contributed by atoms with E-state index in [0.717, 1.165) is 30.3 Å². The number of aromatic hydroxyl groups is 3. The van der Waals surface area contributed by atoms with Crippen LogP contribution in [0.1, 0.15) is 0 Å². The van der Waals surface area contributed by atoms with Crippen LogP contribution in [0.4, 0.5) is 0 Å². The lowest BCUT2D eigenvalue weighted by Crippen LogP contribution is -3.00. The van der Waals surface area contributed by atoms with Gasteiger partial charge in [-0.05, 0) is 0 Å². The Morgan fingerprint density at radius 3 is 1.29 bits per heavy atom. The van der Waals surface area contributed by atoms with E-state index in [1.807, 2.05) is 0 Å². The molecule has 3 aliphatic rings. The minimum absolute atomic E-state index is 0. The molecule has 6 rings (SSSR count). The van der Waals surface area contributed by atoms with E-state index in [1.54, 1.807) is 0 Å². The average molecular weight is 825 g/mol. The summed E-state index contributed by atoms with van der Waals surface area (Å²) in [5, 5.41) is 155. The van der Waals surface area contributed by atoms with Crippen LogP contribution in [0.25, 0.3) is 22.3 Å². The molecule has 3 aliphatic heterocycles. The number of rotatable bonds is 10. The van der Waals surface area contributed by atoms with Crippen LogP contribution < -0.4 is 26.6 Å². The first kappa shape index (κ1) is 43.5. The van der Waals surface area contributed by atoms with Crippen LogP contribution in [0.15, 0.2) is 34.7 Å². The predicted molar refractivity (Wildman–Crippen MR) is 174 cm³/mol. The number of benzene rings is 2. The molecule has 3 saturated heterocycles. The lowest BCUT2D eigenvalue weighted by molar-refractivity contribution is -0.279. The van der Waals surface area contributed by atoms with Crippen LogP contribution in [-0.2, 0) is 14.2 Å². The van der Waals surface area contributed by atoms with Gasteiger partial charge in [-0.1, -0.05) is 0 Å². The van der Waals surface area contributed by atoms with Crippen molar-refractivity contribution in [3.8, 4) is 45.8 Å². The van der Waals surface area contributed by atoms with Crippen molar-refractivity contribution >= 4 is 11.0 Å². The summed E-state index contributed by atoms with van der Waals surface area (Å²) in [5.74, 6) is -4.14. The van der Waals surface area contributed by atoms with Gasteiger partial charge < -0.3 is 117 Å². The lowest BCUT2D eigenvalue weighted by atomic mass is 9.99. The largest absolute Gasteiger partial charge is 1.00 e. The van der Waals surface area contributed by atoms with Crippen molar-refractivity contribution in [2.24, 2.45) is 0 Å². The molecule has 22 nitrogen and oxygen atoms in total. The van der Waals surface area contributed by atoms with Gasteiger partial charge in [-0.15, -0.1) is 0 Å². The van der Waals surface area contributed by atoms with E-state index >= 15 is 0 Å². The maximum Gasteiger partial charge on any atom is 0.402 e. The van der Waals surface area contributed by atoms with Gasteiger partial charge in [-0.3, -0.25) is 0 Å². The third-order valence-corrected chi connectivity index (χ3v) is 9.39. The Hall–Kier alpha value is -3.66. The van der Waals surface area contributed by atoms with Gasteiger partial charge in [0.15, 0.2) is 11.5 Å². The molecule has 0 unspecified atom stereocenters. The summed E-state index contributed by atoms with van der Waals surface area (Å²) >= 11 is 0. The van der Waals surface area contributed by atoms with Crippen LogP contribution >= 0.6 is 0 Å². The third kappa shape index (κ3) is 8.19. The summed E-state index contributed by atoms with van der Waals surface area (Å²) in [6.07, 6.45) is -27.1. The van der Waals surface area contributed by atoms with Crippen molar-refractivity contribution in [2.45, 2.75) is 92.1 Å². The van der Waals surface area contributed by atoms with Gasteiger partial charge in [0, 0.05) is 24.3 Å². The van der Waals surface area contributed by atoms with E-state index in [4.69, 9.17) is 32.8 Å².